The number of hydrogen-bond donors (Lipinski definition) is 2. The van der Waals surface area contributed by atoms with Crippen LogP contribution in [0.3, 0.4) is 0 Å². The first-order valence-electron chi connectivity index (χ1n) is 18.2. The Balaban J connectivity index is 1.24. The Morgan fingerprint density at radius 3 is 1.24 bits per heavy atom. The number of aromatic nitrogens is 3. The minimum Gasteiger partial charge on any atom is -0.632 e. The molecule has 0 aliphatic rings. The van der Waals surface area contributed by atoms with Crippen molar-refractivity contribution in [1.29, 1.82) is 0 Å². The van der Waals surface area contributed by atoms with Crippen LogP contribution in [-0.4, -0.2) is 15.0 Å². The molecule has 0 bridgehead atoms. The lowest BCUT2D eigenvalue weighted by atomic mass is 9.93. The maximum atomic E-state index is 7.11. The lowest BCUT2D eigenvalue weighted by Crippen LogP contribution is -2.09. The lowest BCUT2D eigenvalue weighted by molar-refractivity contribution is 0.514. The molecule has 8 aromatic rings. The molecule has 0 spiro atoms. The normalized spacial score (nSPS) is 11.1. The molecular weight excluding hydrogens is 683 g/mol. The summed E-state index contributed by atoms with van der Waals surface area (Å²) in [6, 6.07) is 58.4. The number of thiol groups is 1. The first-order chi connectivity index (χ1) is 26.6. The van der Waals surface area contributed by atoms with Gasteiger partial charge in [-0.3, -0.25) is 12.8 Å². The summed E-state index contributed by atoms with van der Waals surface area (Å²) in [5.74, 6) is 0. The number of anilines is 7. The topological polar surface area (TPSA) is 77.3 Å². The first kappa shape index (κ1) is 34.6. The van der Waals surface area contributed by atoms with E-state index in [1.165, 1.54) is 0 Å². The van der Waals surface area contributed by atoms with Crippen molar-refractivity contribution in [2.75, 3.05) is 15.5 Å². The molecule has 0 fully saturated rings. The number of rotatable bonds is 12. The summed E-state index contributed by atoms with van der Waals surface area (Å²) in [5, 5.41) is 10.1. The molecule has 266 valence electrons. The molecule has 0 amide bonds. The van der Waals surface area contributed by atoms with E-state index in [1.807, 2.05) is 24.3 Å². The highest BCUT2D eigenvalue weighted by molar-refractivity contribution is 7.83. The van der Waals surface area contributed by atoms with Crippen LogP contribution in [0.5, 0.6) is 0 Å². The summed E-state index contributed by atoms with van der Waals surface area (Å²) in [6.45, 7) is 2.86. The molecule has 54 heavy (non-hydrogen) atoms. The Kier molecular flexibility index (Phi) is 10.00. The number of nitrogens with zero attached hydrogens (tertiary/aromatic N) is 6. The number of fused-ring (bicyclic) bond motifs is 1. The second kappa shape index (κ2) is 15.6. The van der Waals surface area contributed by atoms with Gasteiger partial charge in [0.05, 0.1) is 6.54 Å². The van der Waals surface area contributed by atoms with Crippen molar-refractivity contribution in [3.05, 3.63) is 175 Å². The molecule has 0 radical (unpaired) electrons. The van der Waals surface area contributed by atoms with Crippen LogP contribution in [0.25, 0.3) is 38.0 Å². The van der Waals surface area contributed by atoms with E-state index in [0.29, 0.717) is 17.9 Å². The van der Waals surface area contributed by atoms with Gasteiger partial charge < -0.3 is 20.3 Å². The fourth-order valence-corrected chi connectivity index (χ4v) is 7.21. The van der Waals surface area contributed by atoms with Crippen molar-refractivity contribution in [3.8, 4) is 22.3 Å². The molecule has 7 aromatic carbocycles. The average Bonchev–Trinajstić information content (AvgIpc) is 3.65. The molecule has 1 aromatic heterocycles. The lowest BCUT2D eigenvalue weighted by Gasteiger charge is -2.27. The van der Waals surface area contributed by atoms with Crippen molar-refractivity contribution < 1.29 is 0 Å². The second-order valence-electron chi connectivity index (χ2n) is 13.1. The Morgan fingerprint density at radius 1 is 0.519 bits per heavy atom. The number of nitrogens with two attached hydrogens (primary N) is 1. The van der Waals surface area contributed by atoms with Crippen LogP contribution in [0.1, 0.15) is 19.8 Å². The predicted octanol–water partition coefficient (Wildman–Crippen LogP) is 12.9. The Labute approximate surface area is 321 Å². The van der Waals surface area contributed by atoms with Gasteiger partial charge in [-0.1, -0.05) is 116 Å². The molecular formula is C46H40N7S-. The predicted molar refractivity (Wildman–Crippen MR) is 229 cm³/mol. The van der Waals surface area contributed by atoms with Gasteiger partial charge in [0, 0.05) is 45.4 Å². The Morgan fingerprint density at radius 2 is 0.870 bits per heavy atom. The molecule has 0 aliphatic heterocycles. The zero-order valence-corrected chi connectivity index (χ0v) is 30.9. The highest BCUT2D eigenvalue weighted by Crippen LogP contribution is 2.50. The van der Waals surface area contributed by atoms with Gasteiger partial charge in [-0.2, -0.15) is 15.0 Å². The van der Waals surface area contributed by atoms with Crippen LogP contribution in [0.15, 0.2) is 170 Å². The van der Waals surface area contributed by atoms with E-state index in [1.54, 1.807) is 4.80 Å². The fraction of sp³-hybridized carbons (Fsp3) is 0.0870. The maximum absolute atomic E-state index is 7.11. The van der Waals surface area contributed by atoms with Crippen molar-refractivity contribution in [3.63, 3.8) is 0 Å². The molecule has 0 atom stereocenters. The summed E-state index contributed by atoms with van der Waals surface area (Å²) >= 11 is 4.50. The third kappa shape index (κ3) is 6.75. The Bertz CT molecular complexity index is 2370. The monoisotopic (exact) mass is 722 g/mol. The second-order valence-corrected chi connectivity index (χ2v) is 13.3. The standard InChI is InChI=1S/C46H40N7S/c1-2-3-32-51-48-45-41(33-24-28-39(29-25-33)52(35-16-8-4-9-17-35)36-18-10-5-11-19-36)43(47)44(50-54)42(46(45)49-51)34-26-30-40(31-27-34)53(37-20-12-6-13-21-37)38-22-14-7-15-23-38/h4-31,54H,2-3,32,47H2,1H3/q-1. The van der Waals surface area contributed by atoms with Crippen LogP contribution in [0.2, 0.25) is 0 Å². The summed E-state index contributed by atoms with van der Waals surface area (Å²) in [6.07, 6.45) is 1.98. The van der Waals surface area contributed by atoms with Gasteiger partial charge in [0.25, 0.3) is 0 Å². The van der Waals surface area contributed by atoms with Crippen LogP contribution in [-0.2, 0) is 6.54 Å². The van der Waals surface area contributed by atoms with Gasteiger partial charge in [-0.25, -0.2) is 0 Å². The number of unbranched alkanes of at least 4 members (excludes halogenated alkanes) is 1. The minimum atomic E-state index is 0.505. The zero-order valence-electron chi connectivity index (χ0n) is 30.0. The van der Waals surface area contributed by atoms with E-state index in [9.17, 15) is 0 Å². The largest absolute Gasteiger partial charge is 0.632 e. The van der Waals surface area contributed by atoms with E-state index in [4.69, 9.17) is 15.9 Å². The van der Waals surface area contributed by atoms with Gasteiger partial charge in [-0.05, 0) is 95.9 Å². The van der Waals surface area contributed by atoms with Crippen LogP contribution < -0.4 is 15.5 Å². The van der Waals surface area contributed by atoms with Gasteiger partial charge in [-0.15, -0.1) is 0 Å². The zero-order chi connectivity index (χ0) is 36.9. The highest BCUT2D eigenvalue weighted by Gasteiger charge is 2.22. The summed E-state index contributed by atoms with van der Waals surface area (Å²) in [7, 11) is 0. The fourth-order valence-electron chi connectivity index (χ4n) is 7.00. The van der Waals surface area contributed by atoms with Gasteiger partial charge in [0.1, 0.15) is 11.0 Å². The number of para-hydroxylation sites is 4. The smallest absolute Gasteiger partial charge is 0.123 e. The molecule has 0 unspecified atom stereocenters. The summed E-state index contributed by atoms with van der Waals surface area (Å²) < 4.78 is 4.51. The summed E-state index contributed by atoms with van der Waals surface area (Å²) in [5.41, 5.74) is 19.4. The van der Waals surface area contributed by atoms with E-state index in [-0.39, 0.29) is 0 Å². The van der Waals surface area contributed by atoms with Crippen molar-refractivity contribution >= 4 is 69.3 Å². The molecule has 8 heteroatoms. The average molecular weight is 723 g/mol. The van der Waals surface area contributed by atoms with E-state index < -0.39 is 0 Å². The third-order valence-corrected chi connectivity index (χ3v) is 9.79. The number of aryl methyl sites for hydroxylation is 1. The van der Waals surface area contributed by atoms with E-state index >= 15 is 0 Å². The summed E-state index contributed by atoms with van der Waals surface area (Å²) in [4.78, 5) is 6.27. The molecule has 0 aliphatic carbocycles. The van der Waals surface area contributed by atoms with Gasteiger partial charge in [0.15, 0.2) is 0 Å². The Hall–Kier alpha value is -6.51. The van der Waals surface area contributed by atoms with Crippen molar-refractivity contribution in [2.45, 2.75) is 26.3 Å². The van der Waals surface area contributed by atoms with Crippen molar-refractivity contribution in [2.24, 2.45) is 0 Å². The molecule has 0 saturated heterocycles. The molecule has 1 heterocycles. The van der Waals surface area contributed by atoms with Gasteiger partial charge in [0.2, 0.25) is 0 Å². The van der Waals surface area contributed by atoms with E-state index in [2.05, 4.69) is 180 Å². The third-order valence-electron chi connectivity index (χ3n) is 9.59. The van der Waals surface area contributed by atoms with E-state index in [0.717, 1.165) is 80.3 Å². The number of benzene rings is 7. The minimum absolute atomic E-state index is 0.505. The molecule has 0 saturated carbocycles. The van der Waals surface area contributed by atoms with Gasteiger partial charge >= 0.3 is 0 Å². The SMILES string of the molecule is CCCCn1nc2c(-c3ccc(N(c4ccccc4)c4ccccc4)cc3)c(N)c([N-]S)c(-c3ccc(N(c4ccccc4)c4ccccc4)cc3)c2n1. The van der Waals surface area contributed by atoms with Crippen LogP contribution >= 0.6 is 12.8 Å². The molecule has 2 N–H and O–H groups in total. The number of hydrogen-bond acceptors (Lipinski definition) is 6. The number of nitrogen functional groups attached to an aromatic ring is 1. The first-order valence-corrected chi connectivity index (χ1v) is 18.6. The quantitative estimate of drug-likeness (QED) is 0.0970. The molecule has 8 rings (SSSR count). The van der Waals surface area contributed by atoms with Crippen LogP contribution in [0.4, 0.5) is 45.5 Å². The molecule has 7 nitrogen and oxygen atoms in total. The van der Waals surface area contributed by atoms with Crippen molar-refractivity contribution in [1.82, 2.24) is 15.0 Å². The van der Waals surface area contributed by atoms with Crippen LogP contribution in [0, 0.1) is 0 Å². The highest BCUT2D eigenvalue weighted by atomic mass is 32.1. The maximum Gasteiger partial charge on any atom is 0.123 e.